The first-order valence-electron chi connectivity index (χ1n) is 51.3. The van der Waals surface area contributed by atoms with Gasteiger partial charge in [0.25, 0.3) is 0 Å². The molecule has 33 aromatic rings. The van der Waals surface area contributed by atoms with E-state index in [1.54, 1.807) is 0 Å². The highest BCUT2D eigenvalue weighted by molar-refractivity contribution is 6.41. The second-order valence-electron chi connectivity index (χ2n) is 39.2. The normalized spacial score (nSPS) is 12.0. The number of rotatable bonds is 12. The summed E-state index contributed by atoms with van der Waals surface area (Å²) in [5, 5.41) is 21.0. The van der Waals surface area contributed by atoms with E-state index in [1.165, 1.54) is 214 Å². The Morgan fingerprint density at radius 1 is 0.140 bits per heavy atom. The molecule has 0 aliphatic rings. The van der Waals surface area contributed by atoms with E-state index >= 15 is 0 Å². The fourth-order valence-corrected chi connectivity index (χ4v) is 25.1. The van der Waals surface area contributed by atoms with Gasteiger partial charge in [0, 0.05) is 104 Å². The third kappa shape index (κ3) is 12.6. The Bertz CT molecular complexity index is 11200. The average molecular weight is 1910 g/mol. The highest BCUT2D eigenvalue weighted by atomic mass is 15.1. The molecule has 0 N–H and O–H groups in total. The fourth-order valence-electron chi connectivity index (χ4n) is 25.1. The van der Waals surface area contributed by atoms with Crippen LogP contribution in [0, 0.1) is 0 Å². The molecule has 10 nitrogen and oxygen atoms in total. The Labute approximate surface area is 860 Å². The molecule has 0 saturated heterocycles. The summed E-state index contributed by atoms with van der Waals surface area (Å²) in [6.45, 7) is 0. The Morgan fingerprint density at radius 2 is 0.420 bits per heavy atom. The smallest absolute Gasteiger partial charge is 0.165 e. The van der Waals surface area contributed by atoms with E-state index in [9.17, 15) is 0 Å². The van der Waals surface area contributed by atoms with Crippen molar-refractivity contribution in [2.24, 2.45) is 0 Å². The Balaban J connectivity index is 0.000000102. The maximum absolute atomic E-state index is 5.51. The van der Waals surface area contributed by atoms with Crippen LogP contribution in [0.2, 0.25) is 0 Å². The standard InChI is InChI=1S/C50H30N4.C46H28N4.C44H28N2/c1-4-17-31(18-5-1)42-44-36-24-10-11-25-37(36)48-45-43-35(34-23-12-15-29-40(34)53(49(44)45)47(42)33-21-8-3-9-22-33)26-16-30-41(43)54(48)50-46(32-19-6-2-7-20-32)51-38-27-13-14-28-39(38)52-50;1-4-15-29(16-5-1)40-34-27-28-39-42-41-33(32-21-10-13-25-37(32)50(45(34)42)44(40)31-19-8-3-9-20-31)22-14-26-38(41)49(39)46-43(30-17-6-2-7-18-30)47-35-23-11-12-24-36(35)48-46;1-4-14-29(15-5-1)32-20-12-21-33(28-32)45-38-25-13-23-35-34-22-10-11-24-37(34)46-43(31-18-8-3-9-19-31)40(30-16-6-2-7-17-30)36-26-27-39(45)42(41(35)38)44(36)46/h1-30H;1-28H;1-28H. The molecule has 0 bridgehead atoms. The van der Waals surface area contributed by atoms with Crippen molar-refractivity contribution in [3.8, 4) is 118 Å². The van der Waals surface area contributed by atoms with Crippen LogP contribution < -0.4 is 0 Å². The van der Waals surface area contributed by atoms with Crippen LogP contribution in [0.5, 0.6) is 0 Å². The summed E-state index contributed by atoms with van der Waals surface area (Å²) in [6.07, 6.45) is 0. The zero-order chi connectivity index (χ0) is 98.3. The van der Waals surface area contributed by atoms with E-state index in [-0.39, 0.29) is 0 Å². The SMILES string of the molecule is c1ccc(-c2cccc(-n3c4cccc5c6ccccc6n6c(-c7ccccc7)c(-c7ccccc7)c7ccc3c(c54)c76)c2)cc1.c1ccc(-c2nc3ccccc3nc2-n2c3cccc4c5ccccc5n5c(-c6ccccc6)c(-c6ccccc6)c6c7ccccc7c2c(c43)c65)cc1.c1ccc(-c2nc3ccccc3nc2-n2c3cccc4c5ccccc5n5c(-c6ccccc6)c(-c6ccccc6)c6ccc2c(c43)c65)cc1. The molecule has 0 amide bonds. The molecule has 0 saturated carbocycles. The first-order valence-corrected chi connectivity index (χ1v) is 51.3. The molecule has 0 fully saturated rings. The van der Waals surface area contributed by atoms with Gasteiger partial charge >= 0.3 is 0 Å². The van der Waals surface area contributed by atoms with Crippen molar-refractivity contribution in [3.63, 3.8) is 0 Å². The summed E-state index contributed by atoms with van der Waals surface area (Å²) in [7, 11) is 0. The van der Waals surface area contributed by atoms with Crippen LogP contribution >= 0.6 is 0 Å². The summed E-state index contributed by atoms with van der Waals surface area (Å²) >= 11 is 0. The lowest BCUT2D eigenvalue weighted by Crippen LogP contribution is -2.04. The second-order valence-corrected chi connectivity index (χ2v) is 39.2. The van der Waals surface area contributed by atoms with Crippen molar-refractivity contribution in [1.29, 1.82) is 0 Å². The van der Waals surface area contributed by atoms with Gasteiger partial charge in [0.2, 0.25) is 0 Å². The van der Waals surface area contributed by atoms with Gasteiger partial charge in [-0.2, -0.15) is 0 Å². The molecule has 10 heteroatoms. The van der Waals surface area contributed by atoms with Gasteiger partial charge in [-0.25, -0.2) is 19.9 Å². The molecule has 11 heterocycles. The van der Waals surface area contributed by atoms with E-state index in [0.29, 0.717) is 0 Å². The molecule has 696 valence electrons. The van der Waals surface area contributed by atoms with Gasteiger partial charge < -0.3 is 17.8 Å². The summed E-state index contributed by atoms with van der Waals surface area (Å²) in [5.41, 5.74) is 39.5. The number of para-hydroxylation sites is 7. The molecule has 0 radical (unpaired) electrons. The lowest BCUT2D eigenvalue weighted by Gasteiger charge is -2.15. The van der Waals surface area contributed by atoms with Gasteiger partial charge in [-0.15, -0.1) is 0 Å². The summed E-state index contributed by atoms with van der Waals surface area (Å²) in [4.78, 5) is 21.5. The van der Waals surface area contributed by atoms with Crippen LogP contribution in [0.15, 0.2) is 522 Å². The quantitative estimate of drug-likeness (QED) is 0.122. The van der Waals surface area contributed by atoms with E-state index < -0.39 is 0 Å². The molecule has 0 aliphatic heterocycles. The van der Waals surface area contributed by atoms with Crippen LogP contribution in [-0.4, -0.2) is 46.8 Å². The van der Waals surface area contributed by atoms with Crippen molar-refractivity contribution in [3.05, 3.63) is 522 Å². The maximum atomic E-state index is 5.51. The Kier molecular flexibility index (Phi) is 19.0. The third-order valence-electron chi connectivity index (χ3n) is 31.1. The van der Waals surface area contributed by atoms with Crippen LogP contribution in [0.3, 0.4) is 0 Å². The lowest BCUT2D eigenvalue weighted by molar-refractivity contribution is 1.08. The van der Waals surface area contributed by atoms with Crippen molar-refractivity contribution in [1.82, 2.24) is 46.8 Å². The van der Waals surface area contributed by atoms with E-state index in [4.69, 9.17) is 19.9 Å². The van der Waals surface area contributed by atoms with Gasteiger partial charge in [-0.05, 0) is 151 Å². The Hall–Kier alpha value is -20.2. The number of aromatic nitrogens is 10. The monoisotopic (exact) mass is 1910 g/mol. The predicted molar refractivity (Wildman–Crippen MR) is 626 cm³/mol. The van der Waals surface area contributed by atoms with Gasteiger partial charge in [-0.1, -0.05) is 437 Å². The molecule has 0 spiro atoms. The number of nitrogens with zero attached hydrogens (tertiary/aromatic N) is 10. The van der Waals surface area contributed by atoms with Crippen molar-refractivity contribution in [2.45, 2.75) is 0 Å². The third-order valence-corrected chi connectivity index (χ3v) is 31.1. The molecule has 0 aliphatic carbocycles. The van der Waals surface area contributed by atoms with E-state index in [0.717, 1.165) is 84.0 Å². The zero-order valence-electron chi connectivity index (χ0n) is 81.1. The number of fused-ring (bicyclic) bond motifs is 14. The largest absolute Gasteiger partial charge is 0.309 e. The highest BCUT2D eigenvalue weighted by Crippen LogP contribution is 2.57. The number of benzene rings is 22. The first-order chi connectivity index (χ1) is 74.6. The van der Waals surface area contributed by atoms with Crippen molar-refractivity contribution >= 4 is 180 Å². The minimum Gasteiger partial charge on any atom is -0.309 e. The molecule has 22 aromatic carbocycles. The minimum atomic E-state index is 0.820. The molecule has 0 atom stereocenters. The summed E-state index contributed by atoms with van der Waals surface area (Å²) < 4.78 is 14.9. The maximum Gasteiger partial charge on any atom is 0.165 e. The predicted octanol–water partition coefficient (Wildman–Crippen LogP) is 36.4. The van der Waals surface area contributed by atoms with Gasteiger partial charge in [-0.3, -0.25) is 9.13 Å². The van der Waals surface area contributed by atoms with Crippen LogP contribution in [0.1, 0.15) is 0 Å². The highest BCUT2D eigenvalue weighted by Gasteiger charge is 2.35. The van der Waals surface area contributed by atoms with Crippen LogP contribution in [0.4, 0.5) is 0 Å². The average Bonchev–Trinajstić information content (AvgIpc) is 1.50. The molecule has 11 aromatic heterocycles. The van der Waals surface area contributed by atoms with Gasteiger partial charge in [0.1, 0.15) is 11.4 Å². The first kappa shape index (κ1) is 84.3. The van der Waals surface area contributed by atoms with Crippen LogP contribution in [0.25, 0.3) is 298 Å². The van der Waals surface area contributed by atoms with Crippen LogP contribution in [-0.2, 0) is 0 Å². The fraction of sp³-hybridized carbons (Fsp3) is 0. The molecular weight excluding hydrogens is 1820 g/mol. The zero-order valence-corrected chi connectivity index (χ0v) is 81.1. The van der Waals surface area contributed by atoms with Gasteiger partial charge in [0.15, 0.2) is 11.6 Å². The van der Waals surface area contributed by atoms with E-state index in [1.807, 2.05) is 36.4 Å². The summed E-state index contributed by atoms with van der Waals surface area (Å²) in [5.74, 6) is 1.64. The molecule has 0 unspecified atom stereocenters. The molecule has 150 heavy (non-hydrogen) atoms. The number of hydrogen-bond acceptors (Lipinski definition) is 4. The lowest BCUT2D eigenvalue weighted by atomic mass is 9.93. The topological polar surface area (TPSA) is 79.6 Å². The molecule has 33 rings (SSSR count). The Morgan fingerprint density at radius 3 is 0.853 bits per heavy atom. The minimum absolute atomic E-state index is 0.820. The molecular formula is C140H86N10. The van der Waals surface area contributed by atoms with Crippen molar-refractivity contribution in [2.75, 3.05) is 0 Å². The number of hydrogen-bond donors (Lipinski definition) is 0. The van der Waals surface area contributed by atoms with Gasteiger partial charge in [0.05, 0.1) is 105 Å². The second kappa shape index (κ2) is 33.7. The summed E-state index contributed by atoms with van der Waals surface area (Å²) in [6, 6.07) is 188. The van der Waals surface area contributed by atoms with Crippen molar-refractivity contribution < 1.29 is 0 Å². The van der Waals surface area contributed by atoms with E-state index in [2.05, 4.69) is 512 Å².